The molecule has 0 aliphatic heterocycles. The molecule has 0 unspecified atom stereocenters. The number of nitrogens with two attached hydrogens (primary N) is 1. The van der Waals surface area contributed by atoms with E-state index >= 15 is 0 Å². The van der Waals surface area contributed by atoms with Crippen molar-refractivity contribution in [2.45, 2.75) is 13.3 Å². The number of rotatable bonds is 5. The Kier molecular flexibility index (Phi) is 5.29. The molecule has 0 aromatic heterocycles. The molecule has 16 heavy (non-hydrogen) atoms. The second-order valence-corrected chi connectivity index (χ2v) is 3.77. The predicted molar refractivity (Wildman–Crippen MR) is 64.3 cm³/mol. The van der Waals surface area contributed by atoms with Crippen LogP contribution in [0.1, 0.15) is 12.5 Å². The van der Waals surface area contributed by atoms with Crippen LogP contribution in [0.5, 0.6) is 5.75 Å². The van der Waals surface area contributed by atoms with Gasteiger partial charge in [-0.15, -0.1) is 0 Å². The van der Waals surface area contributed by atoms with Crippen molar-refractivity contribution in [1.82, 2.24) is 0 Å². The average molecular weight is 244 g/mol. The van der Waals surface area contributed by atoms with Crippen molar-refractivity contribution in [3.63, 3.8) is 0 Å². The molecular formula is C12H15ClFNO. The fourth-order valence-corrected chi connectivity index (χ4v) is 1.27. The normalized spacial score (nSPS) is 11.6. The summed E-state index contributed by atoms with van der Waals surface area (Å²) in [5.74, 6) is -0.132. The molecule has 4 heteroatoms. The largest absolute Gasteiger partial charge is 0.486 e. The van der Waals surface area contributed by atoms with Gasteiger partial charge in [0, 0.05) is 5.54 Å². The van der Waals surface area contributed by atoms with Crippen LogP contribution in [-0.4, -0.2) is 13.2 Å². The molecule has 0 radical (unpaired) electrons. The highest BCUT2D eigenvalue weighted by Gasteiger charge is 2.04. The van der Waals surface area contributed by atoms with E-state index in [0.29, 0.717) is 13.0 Å². The molecule has 0 amide bonds. The Bertz CT molecular complexity index is 379. The molecule has 0 atom stereocenters. The lowest BCUT2D eigenvalue weighted by Gasteiger charge is -2.08. The van der Waals surface area contributed by atoms with Gasteiger partial charge in [0.05, 0.1) is 0 Å². The molecule has 0 saturated heterocycles. The van der Waals surface area contributed by atoms with Crippen molar-refractivity contribution in [2.24, 2.45) is 5.73 Å². The van der Waals surface area contributed by atoms with Crippen molar-refractivity contribution in [3.05, 3.63) is 40.7 Å². The molecule has 1 aromatic carbocycles. The Balaban J connectivity index is 2.67. The molecule has 0 saturated carbocycles. The first kappa shape index (κ1) is 13.0. The summed E-state index contributed by atoms with van der Waals surface area (Å²) < 4.78 is 18.8. The number of halogens is 2. The molecular weight excluding hydrogens is 229 g/mol. The molecule has 0 bridgehead atoms. The van der Waals surface area contributed by atoms with Crippen LogP contribution in [0.2, 0.25) is 0 Å². The molecule has 0 spiro atoms. The summed E-state index contributed by atoms with van der Waals surface area (Å²) in [5, 5.41) is 0. The van der Waals surface area contributed by atoms with Gasteiger partial charge in [-0.2, -0.15) is 0 Å². The Morgan fingerprint density at radius 2 is 2.31 bits per heavy atom. The van der Waals surface area contributed by atoms with Crippen LogP contribution in [0.25, 0.3) is 0 Å². The van der Waals surface area contributed by atoms with Crippen LogP contribution in [0, 0.1) is 5.82 Å². The van der Waals surface area contributed by atoms with Crippen LogP contribution < -0.4 is 10.5 Å². The average Bonchev–Trinajstić information content (AvgIpc) is 2.28. The molecule has 2 N–H and O–H groups in total. The van der Waals surface area contributed by atoms with Crippen molar-refractivity contribution in [3.8, 4) is 5.75 Å². The molecule has 2 nitrogen and oxygen atoms in total. The summed E-state index contributed by atoms with van der Waals surface area (Å²) in [6.07, 6.45) is 0.664. The zero-order valence-electron chi connectivity index (χ0n) is 9.17. The maximum atomic E-state index is 13.5. The maximum absolute atomic E-state index is 13.5. The van der Waals surface area contributed by atoms with E-state index in [4.69, 9.17) is 22.1 Å². The maximum Gasteiger partial charge on any atom is 0.165 e. The Morgan fingerprint density at radius 1 is 1.56 bits per heavy atom. The van der Waals surface area contributed by atoms with E-state index in [9.17, 15) is 4.39 Å². The Labute approximate surface area is 99.9 Å². The molecule has 88 valence electrons. The summed E-state index contributed by atoms with van der Waals surface area (Å²) >= 11 is 5.47. The zero-order chi connectivity index (χ0) is 12.0. The van der Waals surface area contributed by atoms with Gasteiger partial charge in [-0.3, -0.25) is 0 Å². The first-order valence-corrected chi connectivity index (χ1v) is 5.48. The highest BCUT2D eigenvalue weighted by atomic mass is 35.5. The van der Waals surface area contributed by atoms with Gasteiger partial charge in [0.2, 0.25) is 0 Å². The Morgan fingerprint density at radius 3 is 2.88 bits per heavy atom. The monoisotopic (exact) mass is 243 g/mol. The SMILES string of the molecule is C/C(=C/Cl)COc1ccc(CCN)cc1F. The first-order valence-electron chi connectivity index (χ1n) is 5.04. The second kappa shape index (κ2) is 6.51. The third-order valence-corrected chi connectivity index (χ3v) is 2.44. The number of benzene rings is 1. The van der Waals surface area contributed by atoms with Crippen molar-refractivity contribution in [1.29, 1.82) is 0 Å². The van der Waals surface area contributed by atoms with Crippen LogP contribution >= 0.6 is 11.6 Å². The van der Waals surface area contributed by atoms with Crippen LogP contribution in [0.4, 0.5) is 4.39 Å². The van der Waals surface area contributed by atoms with Crippen LogP contribution in [0.3, 0.4) is 0 Å². The van der Waals surface area contributed by atoms with Gasteiger partial charge >= 0.3 is 0 Å². The highest BCUT2D eigenvalue weighted by molar-refractivity contribution is 6.25. The molecule has 0 aliphatic rings. The third-order valence-electron chi connectivity index (χ3n) is 2.07. The highest BCUT2D eigenvalue weighted by Crippen LogP contribution is 2.19. The lowest BCUT2D eigenvalue weighted by molar-refractivity contribution is 0.332. The minimum atomic E-state index is -0.367. The summed E-state index contributed by atoms with van der Waals surface area (Å²) in [4.78, 5) is 0. The van der Waals surface area contributed by atoms with E-state index in [1.54, 1.807) is 6.07 Å². The summed E-state index contributed by atoms with van der Waals surface area (Å²) in [6.45, 7) is 2.61. The van der Waals surface area contributed by atoms with E-state index in [0.717, 1.165) is 11.1 Å². The van der Waals surface area contributed by atoms with Crippen molar-refractivity contribution >= 4 is 11.6 Å². The quantitative estimate of drug-likeness (QED) is 0.863. The zero-order valence-corrected chi connectivity index (χ0v) is 9.93. The van der Waals surface area contributed by atoms with Gasteiger partial charge in [-0.25, -0.2) is 4.39 Å². The summed E-state index contributed by atoms with van der Waals surface area (Å²) in [5.41, 5.74) is 8.52. The minimum Gasteiger partial charge on any atom is -0.486 e. The Hall–Kier alpha value is -1.06. The van der Waals surface area contributed by atoms with Gasteiger partial charge in [-0.1, -0.05) is 17.7 Å². The standard InChI is InChI=1S/C12H15ClFNO/c1-9(7-13)8-16-12-3-2-10(4-5-15)6-11(12)14/h2-3,6-7H,4-5,8,15H2,1H3/b9-7-. The lowest BCUT2D eigenvalue weighted by atomic mass is 10.1. The van der Waals surface area contributed by atoms with E-state index in [1.165, 1.54) is 11.6 Å². The second-order valence-electron chi connectivity index (χ2n) is 3.55. The number of hydrogen-bond acceptors (Lipinski definition) is 2. The summed E-state index contributed by atoms with van der Waals surface area (Å²) in [7, 11) is 0. The smallest absolute Gasteiger partial charge is 0.165 e. The third kappa shape index (κ3) is 3.83. The summed E-state index contributed by atoms with van der Waals surface area (Å²) in [6, 6.07) is 4.87. The van der Waals surface area contributed by atoms with Gasteiger partial charge in [-0.05, 0) is 43.2 Å². The molecule has 0 aliphatic carbocycles. The predicted octanol–water partition coefficient (Wildman–Crippen LogP) is 2.85. The molecule has 0 heterocycles. The number of hydrogen-bond donors (Lipinski definition) is 1. The van der Waals surface area contributed by atoms with Gasteiger partial charge in [0.1, 0.15) is 6.61 Å². The van der Waals surface area contributed by atoms with Gasteiger partial charge in [0.25, 0.3) is 0 Å². The van der Waals surface area contributed by atoms with Crippen molar-refractivity contribution < 1.29 is 9.13 Å². The van der Waals surface area contributed by atoms with E-state index in [1.807, 2.05) is 13.0 Å². The van der Waals surface area contributed by atoms with E-state index < -0.39 is 0 Å². The minimum absolute atomic E-state index is 0.235. The van der Waals surface area contributed by atoms with E-state index in [2.05, 4.69) is 0 Å². The molecule has 1 aromatic rings. The first-order chi connectivity index (χ1) is 7.67. The molecule has 1 rings (SSSR count). The van der Waals surface area contributed by atoms with Gasteiger partial charge in [0.15, 0.2) is 11.6 Å². The van der Waals surface area contributed by atoms with E-state index in [-0.39, 0.29) is 18.2 Å². The number of ether oxygens (including phenoxy) is 1. The van der Waals surface area contributed by atoms with Crippen LogP contribution in [0.15, 0.2) is 29.3 Å². The van der Waals surface area contributed by atoms with Crippen molar-refractivity contribution in [2.75, 3.05) is 13.2 Å². The lowest BCUT2D eigenvalue weighted by Crippen LogP contribution is -2.04. The molecule has 0 fully saturated rings. The van der Waals surface area contributed by atoms with Crippen LogP contribution in [-0.2, 0) is 6.42 Å². The van der Waals surface area contributed by atoms with Gasteiger partial charge < -0.3 is 10.5 Å². The fourth-order valence-electron chi connectivity index (χ4n) is 1.21. The topological polar surface area (TPSA) is 35.2 Å². The fraction of sp³-hybridized carbons (Fsp3) is 0.333.